The van der Waals surface area contributed by atoms with Gasteiger partial charge in [0.25, 0.3) is 0 Å². The Kier molecular flexibility index (Phi) is 10.5. The summed E-state index contributed by atoms with van der Waals surface area (Å²) in [5.41, 5.74) is 14.0. The molecule has 46 heavy (non-hydrogen) atoms. The first-order chi connectivity index (χ1) is 22.1. The zero-order valence-corrected chi connectivity index (χ0v) is 26.7. The molecule has 238 valence electrons. The molecular weight excluding hydrogens is 596 g/mol. The SMILES string of the molecule is C[C@@H](C(=O)CCCCC(N)C(N)S(=O)(=O)c1ccc2ccccc2c1)N(C(=O)NCc1ccccc1)c1ccc2ccccc2c1. The van der Waals surface area contributed by atoms with Crippen molar-refractivity contribution < 1.29 is 18.0 Å². The smallest absolute Gasteiger partial charge is 0.322 e. The van der Waals surface area contributed by atoms with Crippen molar-refractivity contribution in [1.29, 1.82) is 0 Å². The number of hydrogen-bond donors (Lipinski definition) is 3. The highest BCUT2D eigenvalue weighted by molar-refractivity contribution is 7.92. The summed E-state index contributed by atoms with van der Waals surface area (Å²) < 4.78 is 26.5. The first-order valence-corrected chi connectivity index (χ1v) is 17.1. The molecule has 2 amide bonds. The highest BCUT2D eigenvalue weighted by Gasteiger charge is 2.30. The van der Waals surface area contributed by atoms with Gasteiger partial charge in [0.15, 0.2) is 15.6 Å². The molecule has 0 radical (unpaired) electrons. The van der Waals surface area contributed by atoms with Gasteiger partial charge in [-0.2, -0.15) is 0 Å². The maximum atomic E-state index is 13.6. The van der Waals surface area contributed by atoms with Crippen LogP contribution in [-0.2, 0) is 21.2 Å². The van der Waals surface area contributed by atoms with Gasteiger partial charge >= 0.3 is 6.03 Å². The number of unbranched alkanes of at least 4 members (excludes halogenated alkanes) is 1. The molecule has 0 aliphatic heterocycles. The number of nitrogens with zero attached hydrogens (tertiary/aromatic N) is 1. The van der Waals surface area contributed by atoms with E-state index in [0.29, 0.717) is 31.5 Å². The number of carbonyl (C=O) groups excluding carboxylic acids is 2. The summed E-state index contributed by atoms with van der Waals surface area (Å²) in [6, 6.07) is 33.7. The van der Waals surface area contributed by atoms with Gasteiger partial charge in [0.05, 0.1) is 10.9 Å². The van der Waals surface area contributed by atoms with Gasteiger partial charge in [-0.05, 0) is 71.1 Å². The second-order valence-electron chi connectivity index (χ2n) is 11.6. The molecule has 0 aliphatic rings. The molecule has 0 fully saturated rings. The summed E-state index contributed by atoms with van der Waals surface area (Å²) in [4.78, 5) is 28.7. The highest BCUT2D eigenvalue weighted by Crippen LogP contribution is 2.26. The quantitative estimate of drug-likeness (QED) is 0.130. The Morgan fingerprint density at radius 2 is 1.33 bits per heavy atom. The van der Waals surface area contributed by atoms with E-state index in [9.17, 15) is 18.0 Å². The molecule has 9 heteroatoms. The van der Waals surface area contributed by atoms with Gasteiger partial charge in [-0.25, -0.2) is 13.2 Å². The van der Waals surface area contributed by atoms with Crippen molar-refractivity contribution in [2.75, 3.05) is 4.90 Å². The number of fused-ring (bicyclic) bond motifs is 2. The number of nitrogens with two attached hydrogens (primary N) is 2. The average Bonchev–Trinajstić information content (AvgIpc) is 3.08. The van der Waals surface area contributed by atoms with E-state index in [1.807, 2.05) is 97.1 Å². The van der Waals surface area contributed by atoms with Crippen LogP contribution in [-0.4, -0.2) is 37.7 Å². The third-order valence-electron chi connectivity index (χ3n) is 8.41. The fourth-order valence-electron chi connectivity index (χ4n) is 5.63. The molecule has 0 saturated carbocycles. The van der Waals surface area contributed by atoms with E-state index in [1.54, 1.807) is 25.1 Å². The van der Waals surface area contributed by atoms with Crippen molar-refractivity contribution in [3.05, 3.63) is 121 Å². The molecule has 8 nitrogen and oxygen atoms in total. The molecule has 5 N–H and O–H groups in total. The van der Waals surface area contributed by atoms with E-state index in [4.69, 9.17) is 11.5 Å². The van der Waals surface area contributed by atoms with Crippen LogP contribution < -0.4 is 21.7 Å². The number of nitrogens with one attached hydrogen (secondary N) is 1. The Morgan fingerprint density at radius 3 is 2.00 bits per heavy atom. The van der Waals surface area contributed by atoms with Crippen molar-refractivity contribution in [3.8, 4) is 0 Å². The largest absolute Gasteiger partial charge is 0.334 e. The lowest BCUT2D eigenvalue weighted by atomic mass is 10.0. The topological polar surface area (TPSA) is 136 Å². The lowest BCUT2D eigenvalue weighted by Gasteiger charge is -2.29. The number of urea groups is 1. The van der Waals surface area contributed by atoms with Gasteiger partial charge in [-0.15, -0.1) is 0 Å². The molecule has 0 spiro atoms. The van der Waals surface area contributed by atoms with Gasteiger partial charge in [-0.3, -0.25) is 9.69 Å². The van der Waals surface area contributed by atoms with Crippen molar-refractivity contribution in [2.24, 2.45) is 11.5 Å². The van der Waals surface area contributed by atoms with Gasteiger partial charge < -0.3 is 16.8 Å². The van der Waals surface area contributed by atoms with Gasteiger partial charge in [-0.1, -0.05) is 97.4 Å². The normalized spacial score (nSPS) is 13.6. The van der Waals surface area contributed by atoms with Crippen LogP contribution in [0.5, 0.6) is 0 Å². The number of carbonyl (C=O) groups is 2. The number of anilines is 1. The maximum Gasteiger partial charge on any atom is 0.322 e. The summed E-state index contributed by atoms with van der Waals surface area (Å²) in [6.45, 7) is 2.06. The molecule has 5 aromatic rings. The van der Waals surface area contributed by atoms with Crippen LogP contribution in [0.4, 0.5) is 10.5 Å². The van der Waals surface area contributed by atoms with E-state index in [2.05, 4.69) is 5.32 Å². The van der Waals surface area contributed by atoms with Crippen molar-refractivity contribution >= 4 is 48.9 Å². The van der Waals surface area contributed by atoms with Crippen LogP contribution in [0.15, 0.2) is 120 Å². The molecule has 2 unspecified atom stereocenters. The standard InChI is InChI=1S/C37H40N4O4S/c1-26(41(37(43)40-25-27-11-3-2-4-12-27)32-21-19-28-13-5-7-15-30(28)23-32)35(42)18-10-9-17-34(38)36(39)46(44,45)33-22-20-29-14-6-8-16-31(29)24-33/h2-8,11-16,19-24,26,34,36H,9-10,17-18,25,38-39H2,1H3,(H,40,43)/t26-,34?,36?/m0/s1. The van der Waals surface area contributed by atoms with Crippen LogP contribution in [0, 0.1) is 0 Å². The first kappa shape index (κ1) is 32.8. The Hall–Kier alpha value is -4.57. The summed E-state index contributed by atoms with van der Waals surface area (Å²) in [6.07, 6.45) is 1.53. The minimum atomic E-state index is -3.85. The van der Waals surface area contributed by atoms with Crippen LogP contribution in [0.3, 0.4) is 0 Å². The van der Waals surface area contributed by atoms with Crippen molar-refractivity contribution in [2.45, 2.75) is 61.5 Å². The average molecular weight is 637 g/mol. The molecule has 0 saturated heterocycles. The van der Waals surface area contributed by atoms with E-state index in [1.165, 1.54) is 4.90 Å². The third kappa shape index (κ3) is 7.62. The summed E-state index contributed by atoms with van der Waals surface area (Å²) in [7, 11) is -3.85. The predicted octanol–water partition coefficient (Wildman–Crippen LogP) is 6.31. The van der Waals surface area contributed by atoms with Gasteiger partial charge in [0, 0.05) is 24.7 Å². The van der Waals surface area contributed by atoms with Crippen LogP contribution in [0.1, 0.15) is 38.2 Å². The number of sulfone groups is 1. The number of benzene rings is 5. The third-order valence-corrected chi connectivity index (χ3v) is 10.4. The zero-order chi connectivity index (χ0) is 32.7. The maximum absolute atomic E-state index is 13.6. The fourth-order valence-corrected chi connectivity index (χ4v) is 7.09. The first-order valence-electron chi connectivity index (χ1n) is 15.5. The molecule has 5 rings (SSSR count). The van der Waals surface area contributed by atoms with Crippen molar-refractivity contribution in [1.82, 2.24) is 5.32 Å². The number of Topliss-reactive ketones (excluding diaryl/α,β-unsaturated/α-hetero) is 1. The molecule has 0 aliphatic carbocycles. The number of hydrogen-bond acceptors (Lipinski definition) is 6. The second kappa shape index (κ2) is 14.7. The fraction of sp³-hybridized carbons (Fsp3) is 0.243. The lowest BCUT2D eigenvalue weighted by Crippen LogP contribution is -2.48. The van der Waals surface area contributed by atoms with Gasteiger partial charge in [0.2, 0.25) is 0 Å². The van der Waals surface area contributed by atoms with E-state index >= 15 is 0 Å². The highest BCUT2D eigenvalue weighted by atomic mass is 32.2. The summed E-state index contributed by atoms with van der Waals surface area (Å²) >= 11 is 0. The molecule has 3 atom stereocenters. The minimum Gasteiger partial charge on any atom is -0.334 e. The Morgan fingerprint density at radius 1 is 0.739 bits per heavy atom. The number of ketones is 1. The summed E-state index contributed by atoms with van der Waals surface area (Å²) in [5.74, 6) is -0.107. The van der Waals surface area contributed by atoms with Crippen LogP contribution >= 0.6 is 0 Å². The van der Waals surface area contributed by atoms with Gasteiger partial charge in [0.1, 0.15) is 5.37 Å². The molecule has 5 aromatic carbocycles. The molecule has 0 aromatic heterocycles. The number of rotatable bonds is 13. The van der Waals surface area contributed by atoms with E-state index in [0.717, 1.165) is 27.1 Å². The summed E-state index contributed by atoms with van der Waals surface area (Å²) in [5, 5.41) is 5.42. The Labute approximate surface area is 270 Å². The zero-order valence-electron chi connectivity index (χ0n) is 25.9. The molecule has 0 heterocycles. The second-order valence-corrected chi connectivity index (χ2v) is 13.7. The lowest BCUT2D eigenvalue weighted by molar-refractivity contribution is -0.120. The van der Waals surface area contributed by atoms with Crippen LogP contribution in [0.25, 0.3) is 21.5 Å². The molecular formula is C37H40N4O4S. The Balaban J connectivity index is 1.21. The van der Waals surface area contributed by atoms with E-state index < -0.39 is 27.3 Å². The minimum absolute atomic E-state index is 0.107. The van der Waals surface area contributed by atoms with Crippen LogP contribution in [0.2, 0.25) is 0 Å². The monoisotopic (exact) mass is 636 g/mol. The van der Waals surface area contributed by atoms with E-state index in [-0.39, 0.29) is 23.1 Å². The molecule has 0 bridgehead atoms. The predicted molar refractivity (Wildman–Crippen MR) is 185 cm³/mol. The van der Waals surface area contributed by atoms with Crippen molar-refractivity contribution in [3.63, 3.8) is 0 Å². The Bertz CT molecular complexity index is 1930. The number of amides is 2.